The number of nitrogens with one attached hydrogen (secondary N) is 3. The smallest absolute Gasteiger partial charge is 0.376 e. The Morgan fingerprint density at radius 3 is 2.57 bits per heavy atom. The van der Waals surface area contributed by atoms with Gasteiger partial charge in [0, 0.05) is 41.6 Å². The molecule has 0 radical (unpaired) electrons. The second-order valence-electron chi connectivity index (χ2n) is 6.17. The monoisotopic (exact) mass is 386 g/mol. The number of pyridine rings is 1. The fraction of sp³-hybridized carbons (Fsp3) is 0.105. The number of H-pyrrole nitrogens is 1. The zero-order valence-corrected chi connectivity index (χ0v) is 14.2. The van der Waals surface area contributed by atoms with Gasteiger partial charge in [-0.05, 0) is 12.1 Å². The van der Waals surface area contributed by atoms with Gasteiger partial charge in [0.25, 0.3) is 10.9 Å². The number of aromatic amines is 1. The SMILES string of the molecule is O=c1c(NCc2cnccc2C(F)(F)F)c(Nc2c[nH]c3ccccc23)c1=O. The second-order valence-corrected chi connectivity index (χ2v) is 6.17. The molecule has 2 aromatic carbocycles. The van der Waals surface area contributed by atoms with Gasteiger partial charge >= 0.3 is 6.18 Å². The van der Waals surface area contributed by atoms with Crippen LogP contribution in [0.1, 0.15) is 11.1 Å². The van der Waals surface area contributed by atoms with E-state index in [0.29, 0.717) is 5.69 Å². The van der Waals surface area contributed by atoms with Crippen molar-refractivity contribution in [2.24, 2.45) is 0 Å². The summed E-state index contributed by atoms with van der Waals surface area (Å²) >= 11 is 0. The van der Waals surface area contributed by atoms with E-state index < -0.39 is 22.6 Å². The topological polar surface area (TPSA) is 86.9 Å². The molecule has 0 atom stereocenters. The molecule has 28 heavy (non-hydrogen) atoms. The Morgan fingerprint density at radius 2 is 1.79 bits per heavy atom. The maximum absolute atomic E-state index is 13.1. The van der Waals surface area contributed by atoms with Gasteiger partial charge in [0.1, 0.15) is 11.4 Å². The van der Waals surface area contributed by atoms with Crippen LogP contribution in [0.4, 0.5) is 30.2 Å². The minimum atomic E-state index is -4.54. The predicted molar refractivity (Wildman–Crippen MR) is 99.5 cm³/mol. The third-order valence-electron chi connectivity index (χ3n) is 4.42. The van der Waals surface area contributed by atoms with Crippen LogP contribution in [0.25, 0.3) is 10.9 Å². The van der Waals surface area contributed by atoms with Crippen molar-refractivity contribution in [2.75, 3.05) is 10.6 Å². The van der Waals surface area contributed by atoms with E-state index in [1.54, 1.807) is 6.20 Å². The minimum absolute atomic E-state index is 0.0206. The fourth-order valence-electron chi connectivity index (χ4n) is 3.02. The molecule has 0 aliphatic carbocycles. The van der Waals surface area contributed by atoms with Crippen LogP contribution in [0.5, 0.6) is 0 Å². The number of anilines is 3. The van der Waals surface area contributed by atoms with Crippen LogP contribution in [-0.4, -0.2) is 9.97 Å². The quantitative estimate of drug-likeness (QED) is 0.457. The highest BCUT2D eigenvalue weighted by Crippen LogP contribution is 2.32. The van der Waals surface area contributed by atoms with Crippen molar-refractivity contribution in [3.63, 3.8) is 0 Å². The Balaban J connectivity index is 1.59. The molecule has 0 bridgehead atoms. The number of hydrogen-bond donors (Lipinski definition) is 3. The first-order chi connectivity index (χ1) is 13.4. The predicted octanol–water partition coefficient (Wildman–Crippen LogP) is 3.53. The molecule has 0 unspecified atom stereocenters. The maximum Gasteiger partial charge on any atom is 0.416 e. The largest absolute Gasteiger partial charge is 0.416 e. The Hall–Kier alpha value is -3.62. The maximum atomic E-state index is 13.1. The lowest BCUT2D eigenvalue weighted by Gasteiger charge is -2.16. The van der Waals surface area contributed by atoms with Gasteiger partial charge in [-0.15, -0.1) is 0 Å². The number of alkyl halides is 3. The lowest BCUT2D eigenvalue weighted by atomic mass is 10.1. The highest BCUT2D eigenvalue weighted by molar-refractivity contribution is 5.95. The number of para-hydroxylation sites is 1. The summed E-state index contributed by atoms with van der Waals surface area (Å²) < 4.78 is 39.2. The first kappa shape index (κ1) is 17.8. The molecule has 0 spiro atoms. The summed E-state index contributed by atoms with van der Waals surface area (Å²) in [5.41, 5.74) is -1.08. The van der Waals surface area contributed by atoms with Crippen molar-refractivity contribution in [1.29, 1.82) is 0 Å². The zero-order chi connectivity index (χ0) is 19.9. The Labute approximate surface area is 155 Å². The molecular formula is C19H13F3N4O2. The Bertz CT molecular complexity index is 1240. The van der Waals surface area contributed by atoms with Crippen LogP contribution in [0, 0.1) is 0 Å². The van der Waals surface area contributed by atoms with Crippen LogP contribution in [0.15, 0.2) is 58.5 Å². The van der Waals surface area contributed by atoms with E-state index in [4.69, 9.17) is 0 Å². The van der Waals surface area contributed by atoms with Crippen LogP contribution in [0.3, 0.4) is 0 Å². The normalized spacial score (nSPS) is 11.8. The van der Waals surface area contributed by atoms with Crippen LogP contribution in [0.2, 0.25) is 0 Å². The molecule has 0 saturated carbocycles. The average Bonchev–Trinajstić information content (AvgIpc) is 3.09. The molecule has 6 nitrogen and oxygen atoms in total. The first-order valence-electron chi connectivity index (χ1n) is 8.26. The van der Waals surface area contributed by atoms with E-state index in [1.807, 2.05) is 24.3 Å². The molecule has 2 aromatic heterocycles. The Kier molecular flexibility index (Phi) is 4.14. The van der Waals surface area contributed by atoms with E-state index in [1.165, 1.54) is 0 Å². The van der Waals surface area contributed by atoms with Crippen LogP contribution < -0.4 is 21.5 Å². The number of halogens is 3. The number of fused-ring (bicyclic) bond motifs is 1. The summed E-state index contributed by atoms with van der Waals surface area (Å²) in [6, 6.07) is 8.22. The van der Waals surface area contributed by atoms with E-state index in [2.05, 4.69) is 20.6 Å². The lowest BCUT2D eigenvalue weighted by molar-refractivity contribution is -0.138. The van der Waals surface area contributed by atoms with Crippen LogP contribution in [-0.2, 0) is 12.7 Å². The van der Waals surface area contributed by atoms with E-state index in [0.717, 1.165) is 29.4 Å². The highest BCUT2D eigenvalue weighted by Gasteiger charge is 2.33. The van der Waals surface area contributed by atoms with Crippen molar-refractivity contribution >= 4 is 28.0 Å². The number of nitrogens with zero attached hydrogens (tertiary/aromatic N) is 1. The van der Waals surface area contributed by atoms with Crippen molar-refractivity contribution in [2.45, 2.75) is 12.7 Å². The third kappa shape index (κ3) is 3.00. The van der Waals surface area contributed by atoms with Gasteiger partial charge in [-0.1, -0.05) is 18.2 Å². The molecule has 0 fully saturated rings. The summed E-state index contributed by atoms with van der Waals surface area (Å²) in [5, 5.41) is 6.34. The van der Waals surface area contributed by atoms with Gasteiger partial charge in [-0.2, -0.15) is 13.2 Å². The van der Waals surface area contributed by atoms with E-state index in [-0.39, 0.29) is 23.5 Å². The molecule has 142 valence electrons. The number of aromatic nitrogens is 2. The van der Waals surface area contributed by atoms with Gasteiger partial charge in [-0.3, -0.25) is 14.6 Å². The zero-order valence-electron chi connectivity index (χ0n) is 14.2. The van der Waals surface area contributed by atoms with Gasteiger partial charge in [0.2, 0.25) is 0 Å². The number of benzene rings is 1. The van der Waals surface area contributed by atoms with Crippen molar-refractivity contribution in [1.82, 2.24) is 9.97 Å². The van der Waals surface area contributed by atoms with Crippen LogP contribution >= 0.6 is 0 Å². The molecule has 0 aliphatic heterocycles. The molecule has 9 heteroatoms. The highest BCUT2D eigenvalue weighted by atomic mass is 19.4. The van der Waals surface area contributed by atoms with Crippen molar-refractivity contribution < 1.29 is 13.2 Å². The summed E-state index contributed by atoms with van der Waals surface area (Å²) in [6.07, 6.45) is -0.769. The minimum Gasteiger partial charge on any atom is -0.376 e. The summed E-state index contributed by atoms with van der Waals surface area (Å²) in [6.45, 7) is -0.296. The molecular weight excluding hydrogens is 373 g/mol. The third-order valence-corrected chi connectivity index (χ3v) is 4.42. The molecule has 0 aliphatic rings. The lowest BCUT2D eigenvalue weighted by Crippen LogP contribution is -2.36. The molecule has 4 rings (SSSR count). The summed E-state index contributed by atoms with van der Waals surface area (Å²) in [5.74, 6) is 0. The van der Waals surface area contributed by atoms with Gasteiger partial charge in [-0.25, -0.2) is 0 Å². The molecule has 4 aromatic rings. The van der Waals surface area contributed by atoms with E-state index in [9.17, 15) is 22.8 Å². The van der Waals surface area contributed by atoms with Gasteiger partial charge in [0.15, 0.2) is 0 Å². The summed E-state index contributed by atoms with van der Waals surface area (Å²) in [4.78, 5) is 30.6. The average molecular weight is 386 g/mol. The second kappa shape index (κ2) is 6.52. The number of rotatable bonds is 5. The standard InChI is InChI=1S/C19H13F3N4O2/c20-19(21,22)12-5-6-23-7-10(12)8-25-15-16(18(28)17(15)27)26-14-9-24-13-4-2-1-3-11(13)14/h1-7,9,24-26H,8H2. The molecule has 0 saturated heterocycles. The fourth-order valence-corrected chi connectivity index (χ4v) is 3.02. The number of hydrogen-bond acceptors (Lipinski definition) is 5. The Morgan fingerprint density at radius 1 is 1.04 bits per heavy atom. The molecule has 3 N–H and O–H groups in total. The summed E-state index contributed by atoms with van der Waals surface area (Å²) in [7, 11) is 0. The first-order valence-corrected chi connectivity index (χ1v) is 8.26. The molecule has 0 amide bonds. The van der Waals surface area contributed by atoms with Gasteiger partial charge in [0.05, 0.1) is 11.3 Å². The van der Waals surface area contributed by atoms with Crippen molar-refractivity contribution in [3.05, 3.63) is 80.5 Å². The van der Waals surface area contributed by atoms with E-state index >= 15 is 0 Å². The van der Waals surface area contributed by atoms with Gasteiger partial charge < -0.3 is 15.6 Å². The molecule has 2 heterocycles. The van der Waals surface area contributed by atoms with Crippen molar-refractivity contribution in [3.8, 4) is 0 Å².